The number of hydrogen-bond donors (Lipinski definition) is 2. The molecule has 0 aliphatic rings. The second-order valence-corrected chi connectivity index (χ2v) is 1.71. The quantitative estimate of drug-likeness (QED) is 0.511. The molecule has 0 amide bonds. The van der Waals surface area contributed by atoms with Crippen LogP contribution >= 0.6 is 0 Å². The molecule has 0 aromatic carbocycles. The summed E-state index contributed by atoms with van der Waals surface area (Å²) in [4.78, 5) is 0. The van der Waals surface area contributed by atoms with Crippen LogP contribution in [0.4, 0.5) is 0 Å². The fourth-order valence-corrected chi connectivity index (χ4v) is 0. The van der Waals surface area contributed by atoms with Crippen molar-refractivity contribution in [3.63, 3.8) is 0 Å². The molecule has 0 unspecified atom stereocenters. The minimum absolute atomic E-state index is 0. The van der Waals surface area contributed by atoms with Gasteiger partial charge in [0.1, 0.15) is 0 Å². The first-order valence-corrected chi connectivity index (χ1v) is 2.67. The van der Waals surface area contributed by atoms with E-state index in [0.29, 0.717) is 0 Å². The average molecular weight is 368 g/mol. The van der Waals surface area contributed by atoms with Gasteiger partial charge in [-0.15, -0.1) is 0 Å². The van der Waals surface area contributed by atoms with E-state index in [1.807, 2.05) is 0 Å². The first-order chi connectivity index (χ1) is 2.00. The smallest absolute Gasteiger partial charge is 2.00 e. The molecule has 0 aromatic heterocycles. The maximum absolute atomic E-state index is 8.80. The molecule has 0 aliphatic heterocycles. The van der Waals surface area contributed by atoms with Gasteiger partial charge in [-0.25, -0.2) is 0 Å². The van der Waals surface area contributed by atoms with Gasteiger partial charge < -0.3 is 2.85 Å². The molecule has 0 heterocycles. The minimum atomic E-state index is -5.12. The molecule has 0 saturated heterocycles. The van der Waals surface area contributed by atoms with Crippen molar-refractivity contribution in [3.05, 3.63) is 0 Å². The van der Waals surface area contributed by atoms with Crippen LogP contribution in [0, 0.1) is 39.9 Å². The van der Waals surface area contributed by atoms with Crippen molar-refractivity contribution in [2.45, 2.75) is 0 Å². The van der Waals surface area contributed by atoms with Gasteiger partial charge in [-0.1, -0.05) is 0 Å². The van der Waals surface area contributed by atoms with Gasteiger partial charge in [-0.2, -0.15) is 0 Å². The molecule has 0 spiro atoms. The predicted octanol–water partition coefficient (Wildman–Crippen LogP) is -1.51. The van der Waals surface area contributed by atoms with E-state index >= 15 is 0 Å². The molecular weight excluding hydrogens is 364 g/mol. The Morgan fingerprint density at radius 2 is 1.29 bits per heavy atom. The summed E-state index contributed by atoms with van der Waals surface area (Å²) in [5, 5.41) is 0. The van der Waals surface area contributed by atoms with Gasteiger partial charge >= 0.3 is 74.9 Å². The second-order valence-electron chi connectivity index (χ2n) is 0.415. The molecule has 0 fully saturated rings. The molecule has 0 rings (SSSR count). The third-order valence-corrected chi connectivity index (χ3v) is 0. The van der Waals surface area contributed by atoms with E-state index in [-0.39, 0.29) is 88.3 Å². The molecule has 7 heavy (non-hydrogen) atoms. The van der Waals surface area contributed by atoms with E-state index in [2.05, 4.69) is 0 Å². The Morgan fingerprint density at radius 1 is 1.29 bits per heavy atom. The van der Waals surface area contributed by atoms with E-state index in [9.17, 15) is 0 Å². The van der Waals surface area contributed by atoms with Crippen LogP contribution in [0.5, 0.6) is 0 Å². The average Bonchev–Trinajstić information content (AvgIpc) is 0.722. The number of rotatable bonds is 0. The molecule has 0 aromatic rings. The van der Waals surface area contributed by atoms with Crippen molar-refractivity contribution in [2.24, 2.45) is 0 Å². The normalized spacial score (nSPS) is 8.29. The Hall–Kier alpha value is 2.84. The van der Waals surface area contributed by atoms with Crippen molar-refractivity contribution < 1.29 is 72.2 Å². The first-order valence-electron chi connectivity index (χ1n) is 0.647. The van der Waals surface area contributed by atoms with Crippen molar-refractivity contribution in [1.29, 1.82) is 0 Å². The molecule has 0 bridgehead atoms. The molecule has 7 heteroatoms. The monoisotopic (exact) mass is 369 g/mol. The summed E-state index contributed by atoms with van der Waals surface area (Å²) in [7, 11) is 0. The van der Waals surface area contributed by atoms with Crippen molar-refractivity contribution in [1.82, 2.24) is 0 Å². The summed E-state index contributed by atoms with van der Waals surface area (Å²) in [6.45, 7) is 0. The maximum atomic E-state index is 8.80. The molecule has 0 radical (unpaired) electrons. The fourth-order valence-electron chi connectivity index (χ4n) is 0. The Labute approximate surface area is 115 Å². The van der Waals surface area contributed by atoms with Crippen LogP contribution in [0.25, 0.3) is 0 Å². The van der Waals surface area contributed by atoms with Gasteiger partial charge in [0.25, 0.3) is 0 Å². The number of hydrogen-bond acceptors (Lipinski definition) is 2. The summed E-state index contributed by atoms with van der Waals surface area (Å²) in [5.41, 5.74) is 0. The Bertz CT molecular complexity index is 102. The summed E-state index contributed by atoms with van der Waals surface area (Å²) in [6, 6.07) is 0. The van der Waals surface area contributed by atoms with E-state index in [1.54, 1.807) is 0 Å². The van der Waals surface area contributed by atoms with Gasteiger partial charge in [-0.3, -0.25) is 0 Å². The Balaban J connectivity index is -0.0000000133. The van der Waals surface area contributed by atoms with Crippen LogP contribution in [0.2, 0.25) is 0 Å². The molecule has 0 atom stereocenters. The topological polar surface area (TPSA) is 74.6 Å². The Kier molecular flexibility index (Phi) is 16.3. The summed E-state index contributed by atoms with van der Waals surface area (Å²) < 4.78 is 31.8. The summed E-state index contributed by atoms with van der Waals surface area (Å²) in [6.07, 6.45) is 0. The van der Waals surface area contributed by atoms with Crippen LogP contribution in [-0.2, 0) is 21.0 Å². The van der Waals surface area contributed by atoms with Crippen LogP contribution in [-0.4, -0.2) is 53.9 Å². The zero-order chi connectivity index (χ0) is 4.50. The standard InChI is InChI=1S/Gd.Mn.2H2O.2O.Sr.2H/h;;2*1H2;;;;;/q;+2;;;;;+2;2*-1/p-2. The second kappa shape index (κ2) is 6.96. The fraction of sp³-hybridized carbons (Fsp3) is 0. The van der Waals surface area contributed by atoms with Crippen LogP contribution in [0.3, 0.4) is 0 Å². The third-order valence-electron chi connectivity index (χ3n) is 0. The van der Waals surface area contributed by atoms with E-state index in [1.165, 1.54) is 0 Å². The van der Waals surface area contributed by atoms with Gasteiger partial charge in [0.05, 0.1) is 0 Å². The predicted molar refractivity (Wildman–Crippen MR) is 13.8 cm³/mol. The molecule has 0 saturated carbocycles. The Morgan fingerprint density at radius 3 is 1.29 bits per heavy atom. The SMILES string of the molecule is [Gd].[H-].[H-].[O]=[Mn](=[O])([OH])[OH].[Sr+2]. The van der Waals surface area contributed by atoms with Gasteiger partial charge in [0.2, 0.25) is 0 Å². The van der Waals surface area contributed by atoms with Crippen molar-refractivity contribution in [2.75, 3.05) is 0 Å². The van der Waals surface area contributed by atoms with Crippen LogP contribution < -0.4 is 0 Å². The molecule has 0 aliphatic carbocycles. The molecule has 4 nitrogen and oxygen atoms in total. The summed E-state index contributed by atoms with van der Waals surface area (Å²) >= 11 is -5.12. The minimum Gasteiger partial charge on any atom is 2.00 e. The third kappa shape index (κ3) is 51.2. The van der Waals surface area contributed by atoms with E-state index < -0.39 is 13.4 Å². The van der Waals surface area contributed by atoms with Gasteiger partial charge in [0, 0.05) is 39.9 Å². The van der Waals surface area contributed by atoms with Crippen LogP contribution in [0.15, 0.2) is 0 Å². The maximum Gasteiger partial charge on any atom is 2.00 e. The van der Waals surface area contributed by atoms with E-state index in [0.717, 1.165) is 0 Å². The molecule has 45 valence electrons. The van der Waals surface area contributed by atoms with Crippen molar-refractivity contribution in [3.8, 4) is 0 Å². The first kappa shape index (κ1) is 16.4. The zero-order valence-electron chi connectivity index (χ0n) is 5.15. The van der Waals surface area contributed by atoms with Gasteiger partial charge in [-0.05, 0) is 0 Å². The molecular formula is H4GdMnO4Sr. The zero-order valence-corrected chi connectivity index (χ0v) is 10.1. The summed E-state index contributed by atoms with van der Waals surface area (Å²) in [5.74, 6) is 0. The largest absolute Gasteiger partial charge is 2.00 e. The van der Waals surface area contributed by atoms with Gasteiger partial charge in [0.15, 0.2) is 0 Å². The van der Waals surface area contributed by atoms with Crippen LogP contribution in [0.1, 0.15) is 2.85 Å². The molecule has 2 N–H and O–H groups in total. The van der Waals surface area contributed by atoms with Crippen molar-refractivity contribution >= 4 is 45.5 Å². The van der Waals surface area contributed by atoms with E-state index in [4.69, 9.17) is 16.0 Å².